The number of aromatic nitrogens is 5. The third-order valence-electron chi connectivity index (χ3n) is 4.86. The number of hydrogen-bond donors (Lipinski definition) is 2. The second kappa shape index (κ2) is 7.64. The normalized spacial score (nSPS) is 11.2. The molecular formula is C22H17FN6S. The quantitative estimate of drug-likeness (QED) is 0.322. The monoisotopic (exact) mass is 416 g/mol. The average Bonchev–Trinajstić information content (AvgIpc) is 3.39. The zero-order valence-corrected chi connectivity index (χ0v) is 16.6. The van der Waals surface area contributed by atoms with Gasteiger partial charge < -0.3 is 5.84 Å². The van der Waals surface area contributed by atoms with E-state index in [1.54, 1.807) is 12.1 Å². The molecule has 0 aliphatic rings. The second-order valence-electron chi connectivity index (χ2n) is 6.78. The number of hydrogen-bond acceptors (Lipinski definition) is 5. The lowest BCUT2D eigenvalue weighted by atomic mass is 10.1. The zero-order valence-electron chi connectivity index (χ0n) is 15.8. The number of halogens is 1. The van der Waals surface area contributed by atoms with E-state index in [-0.39, 0.29) is 5.82 Å². The number of nitrogens with zero attached hydrogens (tertiary/aromatic N) is 4. The maximum absolute atomic E-state index is 13.1. The van der Waals surface area contributed by atoms with Crippen LogP contribution in [0.15, 0.2) is 78.0 Å². The molecule has 0 fully saturated rings. The molecule has 5 aromatic rings. The molecule has 8 heteroatoms. The topological polar surface area (TPSA) is 85.4 Å². The van der Waals surface area contributed by atoms with Gasteiger partial charge in [-0.15, -0.1) is 10.2 Å². The summed E-state index contributed by atoms with van der Waals surface area (Å²) in [7, 11) is 0. The summed E-state index contributed by atoms with van der Waals surface area (Å²) in [5, 5.41) is 18.7. The van der Waals surface area contributed by atoms with Crippen LogP contribution in [0.25, 0.3) is 33.5 Å². The molecule has 0 saturated carbocycles. The number of aromatic amines is 1. The molecule has 0 aliphatic heterocycles. The van der Waals surface area contributed by atoms with Crippen molar-refractivity contribution >= 4 is 22.5 Å². The molecule has 3 N–H and O–H groups in total. The molecule has 3 aromatic carbocycles. The van der Waals surface area contributed by atoms with Crippen molar-refractivity contribution in [3.8, 4) is 22.8 Å². The fourth-order valence-electron chi connectivity index (χ4n) is 3.32. The molecule has 0 atom stereocenters. The van der Waals surface area contributed by atoms with E-state index in [1.165, 1.54) is 44.9 Å². The van der Waals surface area contributed by atoms with Crippen molar-refractivity contribution in [1.82, 2.24) is 25.1 Å². The van der Waals surface area contributed by atoms with Gasteiger partial charge in [0.25, 0.3) is 0 Å². The zero-order chi connectivity index (χ0) is 20.5. The Morgan fingerprint density at radius 2 is 1.77 bits per heavy atom. The summed E-state index contributed by atoms with van der Waals surface area (Å²) in [5.41, 5.74) is 3.33. The highest BCUT2D eigenvalue weighted by atomic mass is 32.2. The molecule has 0 radical (unpaired) electrons. The van der Waals surface area contributed by atoms with E-state index >= 15 is 0 Å². The molecule has 148 valence electrons. The summed E-state index contributed by atoms with van der Waals surface area (Å²) in [5.74, 6) is 7.17. The molecule has 6 nitrogen and oxygen atoms in total. The largest absolute Gasteiger partial charge is 0.335 e. The molecule has 2 aromatic heterocycles. The number of fused-ring (bicyclic) bond motifs is 1. The lowest BCUT2D eigenvalue weighted by Crippen LogP contribution is -2.11. The van der Waals surface area contributed by atoms with Crippen molar-refractivity contribution in [3.05, 3.63) is 84.2 Å². The molecule has 30 heavy (non-hydrogen) atoms. The number of benzene rings is 3. The summed E-state index contributed by atoms with van der Waals surface area (Å²) in [6.45, 7) is 0. The second-order valence-corrected chi connectivity index (χ2v) is 7.72. The SMILES string of the molecule is Nn1c(SCc2cccc3ccccc23)nnc1-c1cc(-c2ccc(F)cc2)n[nH]1. The van der Waals surface area contributed by atoms with Gasteiger partial charge >= 0.3 is 0 Å². The van der Waals surface area contributed by atoms with E-state index in [9.17, 15) is 4.39 Å². The van der Waals surface area contributed by atoms with Crippen molar-refractivity contribution in [2.45, 2.75) is 10.9 Å². The summed E-state index contributed by atoms with van der Waals surface area (Å²) in [6, 6.07) is 22.5. The van der Waals surface area contributed by atoms with E-state index in [2.05, 4.69) is 50.7 Å². The molecule has 0 aliphatic carbocycles. The summed E-state index contributed by atoms with van der Waals surface area (Å²) < 4.78 is 14.6. The van der Waals surface area contributed by atoms with Crippen molar-refractivity contribution in [2.75, 3.05) is 5.84 Å². The first kappa shape index (κ1) is 18.4. The van der Waals surface area contributed by atoms with Crippen LogP contribution in [0, 0.1) is 5.82 Å². The Balaban J connectivity index is 1.37. The van der Waals surface area contributed by atoms with Crippen molar-refractivity contribution in [3.63, 3.8) is 0 Å². The van der Waals surface area contributed by atoms with E-state index in [0.29, 0.717) is 22.4 Å². The van der Waals surface area contributed by atoms with Crippen LogP contribution in [0.4, 0.5) is 4.39 Å². The molecule has 0 spiro atoms. The highest BCUT2D eigenvalue weighted by molar-refractivity contribution is 7.98. The minimum Gasteiger partial charge on any atom is -0.335 e. The smallest absolute Gasteiger partial charge is 0.210 e. The number of thioether (sulfide) groups is 1. The van der Waals surface area contributed by atoms with Crippen LogP contribution in [-0.4, -0.2) is 25.1 Å². The van der Waals surface area contributed by atoms with Gasteiger partial charge in [0, 0.05) is 11.3 Å². The molecule has 0 saturated heterocycles. The van der Waals surface area contributed by atoms with Gasteiger partial charge in [-0.1, -0.05) is 54.2 Å². The molecule has 2 heterocycles. The van der Waals surface area contributed by atoms with Gasteiger partial charge in [-0.3, -0.25) is 5.10 Å². The van der Waals surface area contributed by atoms with Crippen LogP contribution in [0.5, 0.6) is 0 Å². The first-order valence-electron chi connectivity index (χ1n) is 9.31. The van der Waals surface area contributed by atoms with Crippen LogP contribution in [0.3, 0.4) is 0 Å². The number of nitrogen functional groups attached to an aromatic ring is 1. The van der Waals surface area contributed by atoms with Crippen LogP contribution in [0.2, 0.25) is 0 Å². The highest BCUT2D eigenvalue weighted by Gasteiger charge is 2.16. The molecule has 0 amide bonds. The number of nitrogens with two attached hydrogens (primary N) is 1. The lowest BCUT2D eigenvalue weighted by molar-refractivity contribution is 0.628. The maximum Gasteiger partial charge on any atom is 0.210 e. The van der Waals surface area contributed by atoms with E-state index in [1.807, 2.05) is 18.2 Å². The first-order valence-corrected chi connectivity index (χ1v) is 10.3. The van der Waals surface area contributed by atoms with E-state index in [4.69, 9.17) is 5.84 Å². The van der Waals surface area contributed by atoms with Crippen LogP contribution in [-0.2, 0) is 5.75 Å². The minimum absolute atomic E-state index is 0.288. The predicted octanol–water partition coefficient (Wildman–Crippen LogP) is 4.63. The van der Waals surface area contributed by atoms with Gasteiger partial charge in [0.05, 0.1) is 5.69 Å². The van der Waals surface area contributed by atoms with Crippen molar-refractivity contribution in [1.29, 1.82) is 0 Å². The van der Waals surface area contributed by atoms with Crippen LogP contribution < -0.4 is 5.84 Å². The predicted molar refractivity (Wildman–Crippen MR) is 117 cm³/mol. The van der Waals surface area contributed by atoms with Gasteiger partial charge in [-0.2, -0.15) is 5.10 Å². The Morgan fingerprint density at radius 1 is 0.967 bits per heavy atom. The molecule has 0 bridgehead atoms. The Labute approximate surface area is 175 Å². The van der Waals surface area contributed by atoms with Gasteiger partial charge in [-0.25, -0.2) is 9.07 Å². The number of nitrogens with one attached hydrogen (secondary N) is 1. The Kier molecular flexibility index (Phi) is 4.68. The third-order valence-corrected chi connectivity index (χ3v) is 5.85. The maximum atomic E-state index is 13.1. The Morgan fingerprint density at radius 3 is 2.63 bits per heavy atom. The van der Waals surface area contributed by atoms with Gasteiger partial charge in [0.2, 0.25) is 11.0 Å². The standard InChI is InChI=1S/C22H17FN6S/c23-17-10-8-15(9-11-17)19-12-20(26-25-19)21-27-28-22(29(21)24)30-13-16-6-3-5-14-4-1-2-7-18(14)16/h1-12H,13,24H2,(H,25,26). The van der Waals surface area contributed by atoms with Crippen LogP contribution in [0.1, 0.15) is 5.56 Å². The van der Waals surface area contributed by atoms with Gasteiger partial charge in [-0.05, 0) is 46.7 Å². The Hall–Kier alpha value is -3.65. The summed E-state index contributed by atoms with van der Waals surface area (Å²) in [6.07, 6.45) is 0. The fourth-order valence-corrected chi connectivity index (χ4v) is 4.19. The fraction of sp³-hybridized carbons (Fsp3) is 0.0455. The summed E-state index contributed by atoms with van der Waals surface area (Å²) >= 11 is 1.52. The highest BCUT2D eigenvalue weighted by Crippen LogP contribution is 2.28. The van der Waals surface area contributed by atoms with Crippen molar-refractivity contribution in [2.24, 2.45) is 0 Å². The van der Waals surface area contributed by atoms with Crippen molar-refractivity contribution < 1.29 is 4.39 Å². The number of rotatable bonds is 5. The first-order chi connectivity index (χ1) is 14.7. The van der Waals surface area contributed by atoms with Crippen LogP contribution >= 0.6 is 11.8 Å². The minimum atomic E-state index is -0.288. The molecular weight excluding hydrogens is 399 g/mol. The van der Waals surface area contributed by atoms with Gasteiger partial charge in [0.1, 0.15) is 11.5 Å². The summed E-state index contributed by atoms with van der Waals surface area (Å²) in [4.78, 5) is 0. The Bertz CT molecular complexity index is 1320. The lowest BCUT2D eigenvalue weighted by Gasteiger charge is -2.06. The van der Waals surface area contributed by atoms with E-state index < -0.39 is 0 Å². The van der Waals surface area contributed by atoms with E-state index in [0.717, 1.165) is 11.3 Å². The third kappa shape index (κ3) is 3.42. The molecule has 0 unspecified atom stereocenters. The average molecular weight is 416 g/mol. The van der Waals surface area contributed by atoms with Gasteiger partial charge in [0.15, 0.2) is 0 Å². The number of H-pyrrole nitrogens is 1. The molecule has 5 rings (SSSR count).